The maximum absolute atomic E-state index is 10.9. The number of nitrogens with one attached hydrogen (secondary N) is 2. The molecule has 1 heterocycles. The SMILES string of the molecule is CC(=O)NCc1ccc2oc(=O)[nH]c2c1. The highest BCUT2D eigenvalue weighted by Crippen LogP contribution is 2.11. The number of hydrogen-bond donors (Lipinski definition) is 2. The number of carbonyl (C=O) groups is 1. The minimum atomic E-state index is -0.471. The molecule has 5 nitrogen and oxygen atoms in total. The zero-order valence-electron chi connectivity index (χ0n) is 8.16. The second-order valence-electron chi connectivity index (χ2n) is 3.25. The van der Waals surface area contributed by atoms with E-state index in [0.717, 1.165) is 5.56 Å². The molecule has 78 valence electrons. The third-order valence-electron chi connectivity index (χ3n) is 2.02. The average Bonchev–Trinajstić information content (AvgIpc) is 2.53. The summed E-state index contributed by atoms with van der Waals surface area (Å²) >= 11 is 0. The van der Waals surface area contributed by atoms with Gasteiger partial charge in [-0.05, 0) is 17.7 Å². The van der Waals surface area contributed by atoms with Crippen LogP contribution in [0.1, 0.15) is 12.5 Å². The molecule has 2 aromatic rings. The van der Waals surface area contributed by atoms with Gasteiger partial charge in [-0.1, -0.05) is 6.07 Å². The molecular formula is C10H10N2O3. The van der Waals surface area contributed by atoms with Crippen molar-refractivity contribution in [2.45, 2.75) is 13.5 Å². The van der Waals surface area contributed by atoms with Gasteiger partial charge in [-0.3, -0.25) is 9.78 Å². The first-order valence-corrected chi connectivity index (χ1v) is 4.51. The van der Waals surface area contributed by atoms with Crippen molar-refractivity contribution in [3.05, 3.63) is 34.3 Å². The number of fused-ring (bicyclic) bond motifs is 1. The van der Waals surface area contributed by atoms with Crippen LogP contribution in [0.25, 0.3) is 11.1 Å². The van der Waals surface area contributed by atoms with Gasteiger partial charge in [-0.25, -0.2) is 4.79 Å². The fourth-order valence-electron chi connectivity index (χ4n) is 1.34. The topological polar surface area (TPSA) is 75.1 Å². The first-order chi connectivity index (χ1) is 7.15. The lowest BCUT2D eigenvalue weighted by atomic mass is 10.2. The standard InChI is InChI=1S/C10H10N2O3/c1-6(13)11-5-7-2-3-9-8(4-7)12-10(14)15-9/h2-4H,5H2,1H3,(H,11,13)(H,12,14). The van der Waals surface area contributed by atoms with Gasteiger partial charge in [0.1, 0.15) is 0 Å². The maximum Gasteiger partial charge on any atom is 0.417 e. The van der Waals surface area contributed by atoms with Crippen molar-refractivity contribution in [2.75, 3.05) is 0 Å². The molecule has 0 unspecified atom stereocenters. The quantitative estimate of drug-likeness (QED) is 0.761. The normalized spacial score (nSPS) is 10.5. The van der Waals surface area contributed by atoms with Crippen molar-refractivity contribution in [1.82, 2.24) is 10.3 Å². The number of carbonyl (C=O) groups excluding carboxylic acids is 1. The largest absolute Gasteiger partial charge is 0.417 e. The molecule has 1 amide bonds. The molecule has 1 aromatic heterocycles. The molecule has 2 rings (SSSR count). The molecule has 0 radical (unpaired) electrons. The van der Waals surface area contributed by atoms with Crippen LogP contribution in [0.15, 0.2) is 27.4 Å². The minimum Gasteiger partial charge on any atom is -0.408 e. The summed E-state index contributed by atoms with van der Waals surface area (Å²) in [7, 11) is 0. The molecule has 15 heavy (non-hydrogen) atoms. The Bertz CT molecular complexity index is 553. The summed E-state index contributed by atoms with van der Waals surface area (Å²) in [6.45, 7) is 1.90. The monoisotopic (exact) mass is 206 g/mol. The van der Waals surface area contributed by atoms with Crippen LogP contribution in [-0.2, 0) is 11.3 Å². The van der Waals surface area contributed by atoms with Gasteiger partial charge in [-0.15, -0.1) is 0 Å². The Morgan fingerprint density at radius 3 is 3.07 bits per heavy atom. The van der Waals surface area contributed by atoms with E-state index in [1.807, 2.05) is 0 Å². The molecule has 0 spiro atoms. The Hall–Kier alpha value is -2.04. The van der Waals surface area contributed by atoms with Gasteiger partial charge in [0, 0.05) is 13.5 Å². The third kappa shape index (κ3) is 2.07. The lowest BCUT2D eigenvalue weighted by Crippen LogP contribution is -2.18. The predicted octanol–water partition coefficient (Wildman–Crippen LogP) is 0.757. The summed E-state index contributed by atoms with van der Waals surface area (Å²) in [4.78, 5) is 24.1. The lowest BCUT2D eigenvalue weighted by Gasteiger charge is -2.01. The summed E-state index contributed by atoms with van der Waals surface area (Å²) in [5.74, 6) is -0.558. The zero-order chi connectivity index (χ0) is 10.8. The van der Waals surface area contributed by atoms with Crippen LogP contribution in [0.2, 0.25) is 0 Å². The van der Waals surface area contributed by atoms with Gasteiger partial charge in [-0.2, -0.15) is 0 Å². The molecule has 0 aliphatic heterocycles. The van der Waals surface area contributed by atoms with Crippen molar-refractivity contribution >= 4 is 17.0 Å². The van der Waals surface area contributed by atoms with E-state index < -0.39 is 5.76 Å². The first-order valence-electron chi connectivity index (χ1n) is 4.51. The van der Waals surface area contributed by atoms with E-state index in [-0.39, 0.29) is 5.91 Å². The summed E-state index contributed by atoms with van der Waals surface area (Å²) in [5, 5.41) is 2.67. The second kappa shape index (κ2) is 3.61. The van der Waals surface area contributed by atoms with Crippen LogP contribution >= 0.6 is 0 Å². The molecular weight excluding hydrogens is 196 g/mol. The Morgan fingerprint density at radius 2 is 2.33 bits per heavy atom. The zero-order valence-corrected chi connectivity index (χ0v) is 8.16. The number of amides is 1. The maximum atomic E-state index is 10.9. The van der Waals surface area contributed by atoms with Gasteiger partial charge < -0.3 is 9.73 Å². The average molecular weight is 206 g/mol. The van der Waals surface area contributed by atoms with Crippen LogP contribution in [0.5, 0.6) is 0 Å². The molecule has 0 saturated heterocycles. The van der Waals surface area contributed by atoms with E-state index in [1.165, 1.54) is 6.92 Å². The second-order valence-corrected chi connectivity index (χ2v) is 3.25. The fraction of sp³-hybridized carbons (Fsp3) is 0.200. The van der Waals surface area contributed by atoms with Gasteiger partial charge in [0.05, 0.1) is 5.52 Å². The van der Waals surface area contributed by atoms with Gasteiger partial charge >= 0.3 is 5.76 Å². The Balaban J connectivity index is 2.30. The Labute approximate surface area is 85.1 Å². The number of oxazole rings is 1. The number of rotatable bonds is 2. The molecule has 0 bridgehead atoms. The number of aromatic nitrogens is 1. The van der Waals surface area contributed by atoms with Gasteiger partial charge in [0.2, 0.25) is 5.91 Å². The van der Waals surface area contributed by atoms with Crippen molar-refractivity contribution in [2.24, 2.45) is 0 Å². The van der Waals surface area contributed by atoms with E-state index in [0.29, 0.717) is 17.6 Å². The van der Waals surface area contributed by atoms with Crippen molar-refractivity contribution in [3.8, 4) is 0 Å². The highest BCUT2D eigenvalue weighted by molar-refractivity contribution is 5.74. The molecule has 0 aliphatic rings. The van der Waals surface area contributed by atoms with E-state index in [1.54, 1.807) is 18.2 Å². The smallest absolute Gasteiger partial charge is 0.408 e. The number of hydrogen-bond acceptors (Lipinski definition) is 3. The molecule has 0 aliphatic carbocycles. The molecule has 0 atom stereocenters. The van der Waals surface area contributed by atoms with E-state index in [2.05, 4.69) is 10.3 Å². The van der Waals surface area contributed by atoms with E-state index in [4.69, 9.17) is 4.42 Å². The number of aromatic amines is 1. The lowest BCUT2D eigenvalue weighted by molar-refractivity contribution is -0.119. The Kier molecular flexibility index (Phi) is 2.29. The van der Waals surface area contributed by atoms with Crippen LogP contribution < -0.4 is 11.1 Å². The van der Waals surface area contributed by atoms with Crippen LogP contribution in [0.3, 0.4) is 0 Å². The van der Waals surface area contributed by atoms with E-state index in [9.17, 15) is 9.59 Å². The summed E-state index contributed by atoms with van der Waals surface area (Å²) in [6.07, 6.45) is 0. The van der Waals surface area contributed by atoms with Crippen LogP contribution in [-0.4, -0.2) is 10.9 Å². The molecule has 0 fully saturated rings. The van der Waals surface area contributed by atoms with Crippen molar-refractivity contribution < 1.29 is 9.21 Å². The van der Waals surface area contributed by atoms with E-state index >= 15 is 0 Å². The predicted molar refractivity (Wildman–Crippen MR) is 54.4 cm³/mol. The minimum absolute atomic E-state index is 0.0872. The third-order valence-corrected chi connectivity index (χ3v) is 2.02. The molecule has 2 N–H and O–H groups in total. The first kappa shape index (κ1) is 9.51. The fourth-order valence-corrected chi connectivity index (χ4v) is 1.34. The highest BCUT2D eigenvalue weighted by Gasteiger charge is 2.02. The molecule has 5 heteroatoms. The summed E-state index contributed by atoms with van der Waals surface area (Å²) in [6, 6.07) is 5.27. The molecule has 1 aromatic carbocycles. The van der Waals surface area contributed by atoms with Crippen LogP contribution in [0, 0.1) is 0 Å². The van der Waals surface area contributed by atoms with Crippen molar-refractivity contribution in [1.29, 1.82) is 0 Å². The van der Waals surface area contributed by atoms with Gasteiger partial charge in [0.15, 0.2) is 5.58 Å². The highest BCUT2D eigenvalue weighted by atomic mass is 16.4. The van der Waals surface area contributed by atoms with Crippen LogP contribution in [0.4, 0.5) is 0 Å². The molecule has 0 saturated carbocycles. The van der Waals surface area contributed by atoms with Gasteiger partial charge in [0.25, 0.3) is 0 Å². The summed E-state index contributed by atoms with van der Waals surface area (Å²) in [5.41, 5.74) is 2.07. The summed E-state index contributed by atoms with van der Waals surface area (Å²) < 4.78 is 4.85. The Morgan fingerprint density at radius 1 is 1.53 bits per heavy atom. The number of H-pyrrole nitrogens is 1. The number of benzene rings is 1. The van der Waals surface area contributed by atoms with Crippen molar-refractivity contribution in [3.63, 3.8) is 0 Å².